The maximum absolute atomic E-state index is 13.9. The fourth-order valence-electron chi connectivity index (χ4n) is 3.25. The Hall–Kier alpha value is -2.65. The van der Waals surface area contributed by atoms with E-state index in [1.807, 2.05) is 22.9 Å². The number of hydrogen-bond acceptors (Lipinski definition) is 5. The lowest BCUT2D eigenvalue weighted by Crippen LogP contribution is -2.41. The Morgan fingerprint density at radius 3 is 2.62 bits per heavy atom. The minimum absolute atomic E-state index is 0.128. The Kier molecular flexibility index (Phi) is 5.68. The highest BCUT2D eigenvalue weighted by atomic mass is 32.1. The van der Waals surface area contributed by atoms with E-state index in [2.05, 4.69) is 10.3 Å². The van der Waals surface area contributed by atoms with E-state index in [0.29, 0.717) is 37.1 Å². The molecule has 2 amide bonds. The fraction of sp³-hybridized carbons (Fsp3) is 0.250. The fourth-order valence-corrected chi connectivity index (χ4v) is 4.73. The van der Waals surface area contributed by atoms with E-state index < -0.39 is 17.5 Å². The topological polar surface area (TPSA) is 62.3 Å². The summed E-state index contributed by atoms with van der Waals surface area (Å²) in [7, 11) is 0. The molecule has 1 aromatic carbocycles. The molecule has 1 N–H and O–H groups in total. The monoisotopic (exact) mass is 433 g/mol. The lowest BCUT2D eigenvalue weighted by molar-refractivity contribution is -0.121. The minimum atomic E-state index is -0.875. The Balaban J connectivity index is 1.33. The van der Waals surface area contributed by atoms with E-state index in [4.69, 9.17) is 0 Å². The maximum Gasteiger partial charge on any atom is 0.256 e. The van der Waals surface area contributed by atoms with Crippen LogP contribution in [0.4, 0.5) is 13.9 Å². The van der Waals surface area contributed by atoms with Crippen LogP contribution in [-0.2, 0) is 4.79 Å². The van der Waals surface area contributed by atoms with Crippen LogP contribution in [0.25, 0.3) is 10.6 Å². The largest absolute Gasteiger partial charge is 0.339 e. The molecule has 0 saturated carbocycles. The summed E-state index contributed by atoms with van der Waals surface area (Å²) < 4.78 is 26.9. The van der Waals surface area contributed by atoms with Crippen molar-refractivity contribution in [2.45, 2.75) is 12.8 Å². The molecular formula is C20H17F2N3O2S2. The number of aromatic nitrogens is 1. The molecule has 0 atom stereocenters. The van der Waals surface area contributed by atoms with Crippen LogP contribution in [-0.4, -0.2) is 34.8 Å². The first-order chi connectivity index (χ1) is 14.0. The van der Waals surface area contributed by atoms with Crippen LogP contribution in [0.5, 0.6) is 0 Å². The first kappa shape index (κ1) is 19.7. The van der Waals surface area contributed by atoms with Crippen LogP contribution in [0, 0.1) is 17.6 Å². The Morgan fingerprint density at radius 1 is 1.14 bits per heavy atom. The predicted molar refractivity (Wildman–Crippen MR) is 109 cm³/mol. The molecule has 2 aromatic heterocycles. The number of halogens is 2. The van der Waals surface area contributed by atoms with Gasteiger partial charge in [0.2, 0.25) is 5.91 Å². The van der Waals surface area contributed by atoms with Gasteiger partial charge in [0, 0.05) is 30.5 Å². The second-order valence-corrected chi connectivity index (χ2v) is 8.50. The quantitative estimate of drug-likeness (QED) is 0.652. The molecule has 5 nitrogen and oxygen atoms in total. The zero-order valence-electron chi connectivity index (χ0n) is 15.2. The van der Waals surface area contributed by atoms with Crippen LogP contribution in [0.3, 0.4) is 0 Å². The number of rotatable bonds is 4. The molecule has 4 rings (SSSR count). The van der Waals surface area contributed by atoms with E-state index in [1.165, 1.54) is 16.2 Å². The lowest BCUT2D eigenvalue weighted by atomic mass is 9.95. The average Bonchev–Trinajstić information content (AvgIpc) is 3.39. The summed E-state index contributed by atoms with van der Waals surface area (Å²) in [6, 6.07) is 6.84. The molecule has 29 heavy (non-hydrogen) atoms. The normalized spacial score (nSPS) is 14.8. The van der Waals surface area contributed by atoms with Crippen LogP contribution < -0.4 is 5.32 Å². The highest BCUT2D eigenvalue weighted by molar-refractivity contribution is 7.16. The number of amides is 2. The number of hydrogen-bond donors (Lipinski definition) is 1. The number of carbonyl (C=O) groups is 2. The highest BCUT2D eigenvalue weighted by Crippen LogP contribution is 2.29. The molecule has 1 fully saturated rings. The maximum atomic E-state index is 13.9. The molecule has 1 aliphatic rings. The second-order valence-electron chi connectivity index (χ2n) is 6.70. The number of benzene rings is 1. The van der Waals surface area contributed by atoms with Crippen molar-refractivity contribution in [2.75, 3.05) is 18.4 Å². The van der Waals surface area contributed by atoms with Gasteiger partial charge in [-0.25, -0.2) is 13.8 Å². The molecule has 0 aliphatic carbocycles. The molecule has 1 saturated heterocycles. The number of thiazole rings is 1. The smallest absolute Gasteiger partial charge is 0.256 e. The molecule has 0 bridgehead atoms. The van der Waals surface area contributed by atoms with Crippen molar-refractivity contribution in [3.05, 3.63) is 58.3 Å². The summed E-state index contributed by atoms with van der Waals surface area (Å²) in [5.41, 5.74) is 0.681. The molecule has 3 aromatic rings. The van der Waals surface area contributed by atoms with E-state index in [0.717, 1.165) is 22.7 Å². The van der Waals surface area contributed by atoms with Gasteiger partial charge < -0.3 is 10.2 Å². The number of anilines is 1. The first-order valence-corrected chi connectivity index (χ1v) is 10.8. The number of thiophene rings is 1. The molecule has 0 unspecified atom stereocenters. The van der Waals surface area contributed by atoms with Gasteiger partial charge in [0.05, 0.1) is 16.1 Å². The zero-order chi connectivity index (χ0) is 20.4. The van der Waals surface area contributed by atoms with Gasteiger partial charge >= 0.3 is 0 Å². The molecular weight excluding hydrogens is 416 g/mol. The summed E-state index contributed by atoms with van der Waals surface area (Å²) in [6.45, 7) is 0.679. The second kappa shape index (κ2) is 8.38. The van der Waals surface area contributed by atoms with E-state index >= 15 is 0 Å². The van der Waals surface area contributed by atoms with E-state index in [-0.39, 0.29) is 17.4 Å². The van der Waals surface area contributed by atoms with Gasteiger partial charge in [-0.3, -0.25) is 9.59 Å². The van der Waals surface area contributed by atoms with Crippen molar-refractivity contribution >= 4 is 39.6 Å². The van der Waals surface area contributed by atoms with Gasteiger partial charge in [-0.05, 0) is 36.4 Å². The lowest BCUT2D eigenvalue weighted by Gasteiger charge is -2.31. The van der Waals surface area contributed by atoms with Crippen molar-refractivity contribution in [2.24, 2.45) is 5.92 Å². The predicted octanol–water partition coefficient (Wildman–Crippen LogP) is 4.64. The van der Waals surface area contributed by atoms with Gasteiger partial charge in [0.25, 0.3) is 5.91 Å². The first-order valence-electron chi connectivity index (χ1n) is 9.06. The Morgan fingerprint density at radius 2 is 1.93 bits per heavy atom. The molecule has 1 aliphatic heterocycles. The summed E-state index contributed by atoms with van der Waals surface area (Å²) in [5, 5.41) is 7.27. The molecule has 150 valence electrons. The number of nitrogens with one attached hydrogen (secondary N) is 1. The van der Waals surface area contributed by atoms with Crippen molar-refractivity contribution in [1.82, 2.24) is 9.88 Å². The van der Waals surface area contributed by atoms with Crippen LogP contribution in [0.15, 0.2) is 41.1 Å². The summed E-state index contributed by atoms with van der Waals surface area (Å²) in [5.74, 6) is -2.45. The zero-order valence-corrected chi connectivity index (χ0v) is 16.9. The third-order valence-corrected chi connectivity index (χ3v) is 6.47. The summed E-state index contributed by atoms with van der Waals surface area (Å²) >= 11 is 2.96. The van der Waals surface area contributed by atoms with E-state index in [9.17, 15) is 18.4 Å². The van der Waals surface area contributed by atoms with E-state index in [1.54, 1.807) is 11.3 Å². The number of likely N-dealkylation sites (tertiary alicyclic amines) is 1. The molecule has 0 spiro atoms. The van der Waals surface area contributed by atoms with Crippen molar-refractivity contribution in [1.29, 1.82) is 0 Å². The summed E-state index contributed by atoms with van der Waals surface area (Å²) in [6.07, 6.45) is 0.951. The number of carbonyl (C=O) groups excluding carboxylic acids is 2. The standard InChI is InChI=1S/C20H17F2N3O2S2/c21-13-3-4-14(15(22)10-13)19(27)25-7-5-12(6-8-25)18(26)24-20-23-16(11-29-20)17-2-1-9-28-17/h1-4,9-12H,5-8H2,(H,23,24,26). The Labute approximate surface area is 174 Å². The Bertz CT molecular complexity index is 1030. The molecule has 3 heterocycles. The van der Waals surface area contributed by atoms with Gasteiger partial charge in [0.1, 0.15) is 11.6 Å². The van der Waals surface area contributed by atoms with Crippen molar-refractivity contribution < 1.29 is 18.4 Å². The molecule has 0 radical (unpaired) electrons. The highest BCUT2D eigenvalue weighted by Gasteiger charge is 2.29. The average molecular weight is 434 g/mol. The SMILES string of the molecule is O=C(Nc1nc(-c2cccs2)cs1)C1CCN(C(=O)c2ccc(F)cc2F)CC1. The molecule has 9 heteroatoms. The van der Waals surface area contributed by atoms with Gasteiger partial charge in [0.15, 0.2) is 5.13 Å². The van der Waals surface area contributed by atoms with Crippen LogP contribution in [0.2, 0.25) is 0 Å². The van der Waals surface area contributed by atoms with Gasteiger partial charge in [-0.1, -0.05) is 6.07 Å². The third kappa shape index (κ3) is 4.35. The minimum Gasteiger partial charge on any atom is -0.339 e. The number of nitrogens with zero attached hydrogens (tertiary/aromatic N) is 2. The van der Waals surface area contributed by atoms with Crippen molar-refractivity contribution in [3.63, 3.8) is 0 Å². The van der Waals surface area contributed by atoms with Crippen LogP contribution >= 0.6 is 22.7 Å². The van der Waals surface area contributed by atoms with Crippen LogP contribution in [0.1, 0.15) is 23.2 Å². The number of piperidine rings is 1. The van der Waals surface area contributed by atoms with Gasteiger partial charge in [-0.15, -0.1) is 22.7 Å². The van der Waals surface area contributed by atoms with Gasteiger partial charge in [-0.2, -0.15) is 0 Å². The van der Waals surface area contributed by atoms with Crippen molar-refractivity contribution in [3.8, 4) is 10.6 Å². The summed E-state index contributed by atoms with van der Waals surface area (Å²) in [4.78, 5) is 32.0. The third-order valence-electron chi connectivity index (χ3n) is 4.82.